The lowest BCUT2D eigenvalue weighted by Gasteiger charge is -2.22. The average Bonchev–Trinajstić information content (AvgIpc) is 3.51. The quantitative estimate of drug-likeness (QED) is 0.658. The van der Waals surface area contributed by atoms with Crippen molar-refractivity contribution in [3.8, 4) is 0 Å². The summed E-state index contributed by atoms with van der Waals surface area (Å²) in [7, 11) is 1.68. The number of ether oxygens (including phenoxy) is 1. The molecule has 8 heteroatoms. The number of aryl methyl sites for hydroxylation is 1. The van der Waals surface area contributed by atoms with E-state index >= 15 is 0 Å². The van der Waals surface area contributed by atoms with Crippen molar-refractivity contribution < 1.29 is 13.9 Å². The molecule has 2 aromatic rings. The monoisotopic (exact) mass is 455 g/mol. The molecule has 1 N–H and O–H groups in total. The summed E-state index contributed by atoms with van der Waals surface area (Å²) < 4.78 is 18.9. The molecule has 1 amide bonds. The summed E-state index contributed by atoms with van der Waals surface area (Å²) in [4.78, 5) is 27.1. The maximum Gasteiger partial charge on any atom is 0.274 e. The highest BCUT2D eigenvalue weighted by atomic mass is 19.1. The number of methoxy groups -OCH3 is 1. The maximum atomic E-state index is 13.5. The van der Waals surface area contributed by atoms with E-state index in [2.05, 4.69) is 10.2 Å². The highest BCUT2D eigenvalue weighted by Gasteiger charge is 2.30. The lowest BCUT2D eigenvalue weighted by Crippen LogP contribution is -2.32. The molecule has 0 radical (unpaired) electrons. The SMILES string of the molecule is COC1CCN(C(=O)c2nc(C(C)c3ccc(F)cc3)c(NCCN3CCCC3)nc2C)C1. The van der Waals surface area contributed by atoms with E-state index < -0.39 is 0 Å². The molecule has 0 aliphatic carbocycles. The minimum atomic E-state index is -0.275. The molecule has 4 rings (SSSR count). The van der Waals surface area contributed by atoms with Crippen molar-refractivity contribution in [3.05, 3.63) is 52.7 Å². The number of carbonyl (C=O) groups excluding carboxylic acids is 1. The molecule has 7 nitrogen and oxygen atoms in total. The Hall–Kier alpha value is -2.58. The number of hydrogen-bond donors (Lipinski definition) is 1. The van der Waals surface area contributed by atoms with Crippen LogP contribution in [0.1, 0.15) is 59.5 Å². The summed E-state index contributed by atoms with van der Waals surface area (Å²) in [6.45, 7) is 9.04. The molecule has 178 valence electrons. The summed E-state index contributed by atoms with van der Waals surface area (Å²) in [6, 6.07) is 6.44. The van der Waals surface area contributed by atoms with Crippen LogP contribution in [-0.2, 0) is 4.74 Å². The molecule has 1 aromatic heterocycles. The fourth-order valence-corrected chi connectivity index (χ4v) is 4.67. The van der Waals surface area contributed by atoms with E-state index in [-0.39, 0.29) is 23.7 Å². The first-order chi connectivity index (χ1) is 16.0. The molecule has 2 atom stereocenters. The van der Waals surface area contributed by atoms with Crippen molar-refractivity contribution in [1.29, 1.82) is 0 Å². The number of likely N-dealkylation sites (tertiary alicyclic amines) is 2. The van der Waals surface area contributed by atoms with Crippen LogP contribution in [0, 0.1) is 12.7 Å². The summed E-state index contributed by atoms with van der Waals surface area (Å²) >= 11 is 0. The molecule has 2 aliphatic rings. The van der Waals surface area contributed by atoms with Crippen molar-refractivity contribution in [2.75, 3.05) is 51.7 Å². The van der Waals surface area contributed by atoms with Gasteiger partial charge in [0, 0.05) is 39.2 Å². The van der Waals surface area contributed by atoms with Crippen molar-refractivity contribution in [2.45, 2.75) is 45.1 Å². The molecule has 0 saturated carbocycles. The molecule has 1 aromatic carbocycles. The van der Waals surface area contributed by atoms with E-state index in [0.29, 0.717) is 36.0 Å². The van der Waals surface area contributed by atoms with Crippen LogP contribution < -0.4 is 5.32 Å². The fraction of sp³-hybridized carbons (Fsp3) is 0.560. The minimum Gasteiger partial charge on any atom is -0.380 e. The van der Waals surface area contributed by atoms with Gasteiger partial charge >= 0.3 is 0 Å². The number of amides is 1. The molecule has 33 heavy (non-hydrogen) atoms. The van der Waals surface area contributed by atoms with Gasteiger partial charge in [0.05, 0.1) is 17.5 Å². The lowest BCUT2D eigenvalue weighted by molar-refractivity contribution is 0.0717. The third kappa shape index (κ3) is 5.50. The van der Waals surface area contributed by atoms with E-state index in [1.807, 2.05) is 13.8 Å². The van der Waals surface area contributed by atoms with Gasteiger partial charge in [0.2, 0.25) is 0 Å². The van der Waals surface area contributed by atoms with Gasteiger partial charge in [-0.15, -0.1) is 0 Å². The summed E-state index contributed by atoms with van der Waals surface area (Å²) in [6.07, 6.45) is 3.39. The van der Waals surface area contributed by atoms with Gasteiger partial charge in [-0.3, -0.25) is 4.79 Å². The van der Waals surface area contributed by atoms with Crippen molar-refractivity contribution in [2.24, 2.45) is 0 Å². The van der Waals surface area contributed by atoms with E-state index in [9.17, 15) is 9.18 Å². The second-order valence-electron chi connectivity index (χ2n) is 9.04. The number of nitrogens with zero attached hydrogens (tertiary/aromatic N) is 4. The Kier molecular flexibility index (Phi) is 7.55. The average molecular weight is 456 g/mol. The van der Waals surface area contributed by atoms with Gasteiger partial charge < -0.3 is 19.9 Å². The smallest absolute Gasteiger partial charge is 0.274 e. The van der Waals surface area contributed by atoms with Crippen LogP contribution in [0.4, 0.5) is 10.2 Å². The largest absolute Gasteiger partial charge is 0.380 e. The van der Waals surface area contributed by atoms with Gasteiger partial charge in [-0.05, 0) is 57.0 Å². The van der Waals surface area contributed by atoms with E-state index in [1.54, 1.807) is 24.1 Å². The molecule has 2 fully saturated rings. The molecular formula is C25H34FN5O2. The third-order valence-electron chi connectivity index (χ3n) is 6.76. The van der Waals surface area contributed by atoms with Crippen LogP contribution >= 0.6 is 0 Å². The number of hydrogen-bond acceptors (Lipinski definition) is 6. The number of benzene rings is 1. The first-order valence-corrected chi connectivity index (χ1v) is 11.9. The van der Waals surface area contributed by atoms with Crippen LogP contribution in [-0.4, -0.2) is 78.2 Å². The Morgan fingerprint density at radius 2 is 1.94 bits per heavy atom. The first-order valence-electron chi connectivity index (χ1n) is 11.9. The van der Waals surface area contributed by atoms with Crippen molar-refractivity contribution in [3.63, 3.8) is 0 Å². The lowest BCUT2D eigenvalue weighted by atomic mass is 9.97. The molecule has 3 heterocycles. The van der Waals surface area contributed by atoms with Crippen molar-refractivity contribution in [1.82, 2.24) is 19.8 Å². The zero-order chi connectivity index (χ0) is 23.4. The Labute approximate surface area is 195 Å². The van der Waals surface area contributed by atoms with E-state index in [0.717, 1.165) is 38.2 Å². The van der Waals surface area contributed by atoms with Gasteiger partial charge in [-0.2, -0.15) is 0 Å². The Bertz CT molecular complexity index is 962. The molecular weight excluding hydrogens is 421 g/mol. The predicted molar refractivity (Wildman–Crippen MR) is 126 cm³/mol. The van der Waals surface area contributed by atoms with Gasteiger partial charge in [0.25, 0.3) is 5.91 Å². The molecule has 2 unspecified atom stereocenters. The zero-order valence-corrected chi connectivity index (χ0v) is 19.8. The Morgan fingerprint density at radius 1 is 1.21 bits per heavy atom. The number of halogens is 1. The van der Waals surface area contributed by atoms with Crippen LogP contribution in [0.5, 0.6) is 0 Å². The molecule has 2 saturated heterocycles. The minimum absolute atomic E-state index is 0.0614. The first kappa shape index (κ1) is 23.6. The van der Waals surface area contributed by atoms with E-state index in [1.165, 1.54) is 25.0 Å². The second kappa shape index (κ2) is 10.6. The zero-order valence-electron chi connectivity index (χ0n) is 19.8. The Morgan fingerprint density at radius 3 is 2.61 bits per heavy atom. The van der Waals surface area contributed by atoms with Gasteiger partial charge in [-0.1, -0.05) is 19.1 Å². The van der Waals surface area contributed by atoms with E-state index in [4.69, 9.17) is 14.7 Å². The maximum absolute atomic E-state index is 13.5. The number of aromatic nitrogens is 2. The third-order valence-corrected chi connectivity index (χ3v) is 6.76. The second-order valence-corrected chi connectivity index (χ2v) is 9.04. The van der Waals surface area contributed by atoms with Gasteiger partial charge in [-0.25, -0.2) is 14.4 Å². The number of anilines is 1. The van der Waals surface area contributed by atoms with Crippen LogP contribution in [0.2, 0.25) is 0 Å². The molecule has 0 bridgehead atoms. The summed E-state index contributed by atoms with van der Waals surface area (Å²) in [5.74, 6) is 0.152. The topological polar surface area (TPSA) is 70.6 Å². The van der Waals surface area contributed by atoms with Gasteiger partial charge in [0.1, 0.15) is 17.3 Å². The number of carbonyl (C=O) groups is 1. The van der Waals surface area contributed by atoms with Crippen LogP contribution in [0.25, 0.3) is 0 Å². The Balaban J connectivity index is 1.61. The number of nitrogens with one attached hydrogen (secondary N) is 1. The van der Waals surface area contributed by atoms with Gasteiger partial charge in [0.15, 0.2) is 0 Å². The van der Waals surface area contributed by atoms with Crippen molar-refractivity contribution >= 4 is 11.7 Å². The number of rotatable bonds is 8. The standard InChI is InChI=1S/C25H34FN5O2/c1-17(19-6-8-20(26)9-7-19)22-24(27-11-15-30-12-4-5-13-30)28-18(2)23(29-22)25(32)31-14-10-21(16-31)33-3/h6-9,17,21H,4-5,10-16H2,1-3H3,(H,27,28). The fourth-order valence-electron chi connectivity index (χ4n) is 4.67. The normalized spacial score (nSPS) is 19.8. The van der Waals surface area contributed by atoms with Crippen LogP contribution in [0.15, 0.2) is 24.3 Å². The van der Waals surface area contributed by atoms with Crippen LogP contribution in [0.3, 0.4) is 0 Å². The predicted octanol–water partition coefficient (Wildman–Crippen LogP) is 3.44. The summed E-state index contributed by atoms with van der Waals surface area (Å²) in [5.41, 5.74) is 2.62. The highest BCUT2D eigenvalue weighted by molar-refractivity contribution is 5.93. The molecule has 2 aliphatic heterocycles. The highest BCUT2D eigenvalue weighted by Crippen LogP contribution is 2.29. The summed E-state index contributed by atoms with van der Waals surface area (Å²) in [5, 5.41) is 3.46. The molecule has 0 spiro atoms.